The summed E-state index contributed by atoms with van der Waals surface area (Å²) in [5.74, 6) is 0.0390. The first-order valence-electron chi connectivity index (χ1n) is 10.7. The summed E-state index contributed by atoms with van der Waals surface area (Å²) in [4.78, 5) is 17.5. The summed E-state index contributed by atoms with van der Waals surface area (Å²) in [6, 6.07) is 17.3. The van der Waals surface area contributed by atoms with Gasteiger partial charge in [-0.05, 0) is 67.7 Å². The molecule has 0 saturated carbocycles. The highest BCUT2D eigenvalue weighted by molar-refractivity contribution is 5.94. The van der Waals surface area contributed by atoms with Gasteiger partial charge in [0, 0.05) is 36.9 Å². The van der Waals surface area contributed by atoms with Crippen molar-refractivity contribution >= 4 is 11.6 Å². The van der Waals surface area contributed by atoms with Crippen LogP contribution >= 0.6 is 0 Å². The normalized spacial score (nSPS) is 19.9. The number of likely N-dealkylation sites (tertiary alicyclic amines) is 1. The molecular weight excluding hydrogens is 346 g/mol. The number of fused-ring (bicyclic) bond motifs is 1. The molecule has 1 amide bonds. The molecule has 2 aromatic rings. The molecule has 1 unspecified atom stereocenters. The molecule has 1 saturated heterocycles. The predicted molar refractivity (Wildman–Crippen MR) is 115 cm³/mol. The maximum Gasteiger partial charge on any atom is 0.251 e. The minimum Gasteiger partial charge on any atom is -0.367 e. The first kappa shape index (κ1) is 19.0. The Morgan fingerprint density at radius 3 is 2.61 bits per heavy atom. The maximum absolute atomic E-state index is 12.6. The van der Waals surface area contributed by atoms with Crippen molar-refractivity contribution in [3.05, 3.63) is 65.2 Å². The lowest BCUT2D eigenvalue weighted by atomic mass is 9.99. The molecule has 148 valence electrons. The van der Waals surface area contributed by atoms with Crippen molar-refractivity contribution in [2.45, 2.75) is 45.2 Å². The van der Waals surface area contributed by atoms with E-state index in [2.05, 4.69) is 58.4 Å². The number of anilines is 1. The Balaban J connectivity index is 1.35. The first-order chi connectivity index (χ1) is 13.7. The van der Waals surface area contributed by atoms with Gasteiger partial charge < -0.3 is 10.2 Å². The van der Waals surface area contributed by atoms with Gasteiger partial charge in [0.2, 0.25) is 0 Å². The molecule has 1 atom stereocenters. The number of nitrogens with one attached hydrogen (secondary N) is 1. The molecule has 2 aliphatic heterocycles. The number of benzene rings is 2. The van der Waals surface area contributed by atoms with Crippen LogP contribution in [0.15, 0.2) is 48.5 Å². The van der Waals surface area contributed by atoms with Crippen LogP contribution in [-0.2, 0) is 13.0 Å². The molecule has 4 nitrogen and oxygen atoms in total. The van der Waals surface area contributed by atoms with E-state index in [-0.39, 0.29) is 5.91 Å². The molecule has 4 rings (SSSR count). The van der Waals surface area contributed by atoms with E-state index in [4.69, 9.17) is 0 Å². The molecule has 0 aromatic heterocycles. The third-order valence-electron chi connectivity index (χ3n) is 6.28. The number of amides is 1. The van der Waals surface area contributed by atoms with Gasteiger partial charge in [0.1, 0.15) is 0 Å². The summed E-state index contributed by atoms with van der Waals surface area (Å²) in [5.41, 5.74) is 4.80. The number of nitrogens with zero attached hydrogens (tertiary/aromatic N) is 2. The maximum atomic E-state index is 12.6. The fraction of sp³-hybridized carbons (Fsp3) is 0.458. The van der Waals surface area contributed by atoms with Crippen molar-refractivity contribution in [1.29, 1.82) is 0 Å². The van der Waals surface area contributed by atoms with Crippen LogP contribution in [0.4, 0.5) is 5.69 Å². The van der Waals surface area contributed by atoms with Crippen molar-refractivity contribution in [3.63, 3.8) is 0 Å². The second kappa shape index (κ2) is 8.78. The molecule has 0 spiro atoms. The first-order valence-corrected chi connectivity index (χ1v) is 10.7. The molecule has 1 fully saturated rings. The van der Waals surface area contributed by atoms with E-state index >= 15 is 0 Å². The van der Waals surface area contributed by atoms with Gasteiger partial charge in [0.25, 0.3) is 5.91 Å². The largest absolute Gasteiger partial charge is 0.367 e. The minimum absolute atomic E-state index is 0.0390. The fourth-order valence-corrected chi connectivity index (χ4v) is 4.56. The second-order valence-electron chi connectivity index (χ2n) is 7.98. The smallest absolute Gasteiger partial charge is 0.251 e. The van der Waals surface area contributed by atoms with E-state index in [0.29, 0.717) is 6.04 Å². The highest BCUT2D eigenvalue weighted by Crippen LogP contribution is 2.24. The number of carbonyl (C=O) groups excluding carboxylic acids is 1. The van der Waals surface area contributed by atoms with Crippen molar-refractivity contribution in [2.24, 2.45) is 0 Å². The Morgan fingerprint density at radius 1 is 1.04 bits per heavy atom. The van der Waals surface area contributed by atoms with E-state index in [0.717, 1.165) is 44.7 Å². The zero-order chi connectivity index (χ0) is 19.3. The van der Waals surface area contributed by atoms with Crippen LogP contribution in [-0.4, -0.2) is 43.0 Å². The average molecular weight is 378 g/mol. The van der Waals surface area contributed by atoms with Gasteiger partial charge in [-0.2, -0.15) is 0 Å². The van der Waals surface area contributed by atoms with E-state index < -0.39 is 0 Å². The van der Waals surface area contributed by atoms with Crippen LogP contribution in [0.25, 0.3) is 0 Å². The zero-order valence-electron chi connectivity index (χ0n) is 16.9. The molecule has 2 heterocycles. The van der Waals surface area contributed by atoms with E-state index in [1.807, 2.05) is 12.1 Å². The summed E-state index contributed by atoms with van der Waals surface area (Å²) < 4.78 is 0. The standard InChI is InChI=1S/C24H31N3O/c1-2-26-15-6-5-9-23(26)17-25-24(28)20-10-12-22(13-11-20)27-16-14-19-7-3-4-8-21(19)18-27/h3-4,7-8,10-13,23H,2,5-6,9,14-18H2,1H3,(H,25,28). The fourth-order valence-electron chi connectivity index (χ4n) is 4.56. The number of rotatable bonds is 5. The molecule has 2 aromatic carbocycles. The number of likely N-dealkylation sites (N-methyl/N-ethyl adjacent to an activating group) is 1. The monoisotopic (exact) mass is 377 g/mol. The molecule has 4 heteroatoms. The van der Waals surface area contributed by atoms with Crippen LogP contribution in [0.5, 0.6) is 0 Å². The van der Waals surface area contributed by atoms with Crippen molar-refractivity contribution < 1.29 is 4.79 Å². The van der Waals surface area contributed by atoms with E-state index in [1.165, 1.54) is 36.1 Å². The van der Waals surface area contributed by atoms with E-state index in [9.17, 15) is 4.79 Å². The number of hydrogen-bond donors (Lipinski definition) is 1. The molecule has 1 N–H and O–H groups in total. The van der Waals surface area contributed by atoms with Gasteiger partial charge in [0.05, 0.1) is 0 Å². The minimum atomic E-state index is 0.0390. The lowest BCUT2D eigenvalue weighted by Gasteiger charge is -2.34. The average Bonchev–Trinajstić information content (AvgIpc) is 2.77. The van der Waals surface area contributed by atoms with Crippen molar-refractivity contribution in [3.8, 4) is 0 Å². The van der Waals surface area contributed by atoms with Gasteiger partial charge in [-0.1, -0.05) is 37.6 Å². The van der Waals surface area contributed by atoms with Crippen LogP contribution in [0.2, 0.25) is 0 Å². The lowest BCUT2D eigenvalue weighted by molar-refractivity contribution is 0.0918. The lowest BCUT2D eigenvalue weighted by Crippen LogP contribution is -2.46. The molecule has 28 heavy (non-hydrogen) atoms. The third-order valence-corrected chi connectivity index (χ3v) is 6.28. The van der Waals surface area contributed by atoms with Crippen LogP contribution in [0.1, 0.15) is 47.7 Å². The highest BCUT2D eigenvalue weighted by atomic mass is 16.1. The summed E-state index contributed by atoms with van der Waals surface area (Å²) in [5, 5.41) is 3.15. The Bertz CT molecular complexity index is 802. The SMILES string of the molecule is CCN1CCCCC1CNC(=O)c1ccc(N2CCc3ccccc3C2)cc1. The van der Waals surface area contributed by atoms with Crippen molar-refractivity contribution in [1.82, 2.24) is 10.2 Å². The van der Waals surface area contributed by atoms with Crippen LogP contribution in [0.3, 0.4) is 0 Å². The van der Waals surface area contributed by atoms with Gasteiger partial charge in [-0.15, -0.1) is 0 Å². The number of piperidine rings is 1. The van der Waals surface area contributed by atoms with Gasteiger partial charge >= 0.3 is 0 Å². The second-order valence-corrected chi connectivity index (χ2v) is 7.98. The predicted octanol–water partition coefficient (Wildman–Crippen LogP) is 3.85. The summed E-state index contributed by atoms with van der Waals surface area (Å²) in [7, 11) is 0. The Kier molecular flexibility index (Phi) is 5.96. The Morgan fingerprint density at radius 2 is 1.82 bits per heavy atom. The van der Waals surface area contributed by atoms with Crippen LogP contribution in [0, 0.1) is 0 Å². The molecule has 0 bridgehead atoms. The molecule has 0 radical (unpaired) electrons. The van der Waals surface area contributed by atoms with Gasteiger partial charge in [-0.3, -0.25) is 9.69 Å². The van der Waals surface area contributed by atoms with E-state index in [1.54, 1.807) is 0 Å². The Hall–Kier alpha value is -2.33. The Labute approximate surface area is 168 Å². The number of hydrogen-bond acceptors (Lipinski definition) is 3. The van der Waals surface area contributed by atoms with Gasteiger partial charge in [-0.25, -0.2) is 0 Å². The number of carbonyl (C=O) groups is 1. The van der Waals surface area contributed by atoms with Crippen LogP contribution < -0.4 is 10.2 Å². The molecule has 0 aliphatic carbocycles. The zero-order valence-corrected chi connectivity index (χ0v) is 16.9. The summed E-state index contributed by atoms with van der Waals surface area (Å²) >= 11 is 0. The third kappa shape index (κ3) is 4.22. The summed E-state index contributed by atoms with van der Waals surface area (Å²) in [6.45, 7) is 7.14. The molecular formula is C24H31N3O. The topological polar surface area (TPSA) is 35.6 Å². The van der Waals surface area contributed by atoms with Crippen molar-refractivity contribution in [2.75, 3.05) is 31.1 Å². The molecule has 2 aliphatic rings. The highest BCUT2D eigenvalue weighted by Gasteiger charge is 2.21. The summed E-state index contributed by atoms with van der Waals surface area (Å²) in [6.07, 6.45) is 4.81. The quantitative estimate of drug-likeness (QED) is 0.860. The van der Waals surface area contributed by atoms with Gasteiger partial charge in [0.15, 0.2) is 0 Å².